The Morgan fingerprint density at radius 3 is 2.41 bits per heavy atom. The molecule has 32 heavy (non-hydrogen) atoms. The second-order valence-electron chi connectivity index (χ2n) is 7.44. The van der Waals surface area contributed by atoms with E-state index in [4.69, 9.17) is 4.74 Å². The maximum atomic E-state index is 13.5. The van der Waals surface area contributed by atoms with Gasteiger partial charge in [-0.15, -0.1) is 0 Å². The van der Waals surface area contributed by atoms with Gasteiger partial charge in [0.1, 0.15) is 23.1 Å². The highest BCUT2D eigenvalue weighted by atomic mass is 19.1. The van der Waals surface area contributed by atoms with E-state index in [1.54, 1.807) is 30.3 Å². The van der Waals surface area contributed by atoms with Gasteiger partial charge in [-0.05, 0) is 61.0 Å². The summed E-state index contributed by atoms with van der Waals surface area (Å²) in [4.78, 5) is 27.4. The molecular formula is C25H20FNO5. The first-order valence-electron chi connectivity index (χ1n) is 9.82. The SMILES string of the molecule is COc1ccc(C)cc1/C(O)=C1\C(=O)C(=O)N(c2ccc(F)cc2)C1c1cccc(O)c1. The maximum absolute atomic E-state index is 13.5. The zero-order valence-corrected chi connectivity index (χ0v) is 17.4. The van der Waals surface area contributed by atoms with Crippen LogP contribution in [0.3, 0.4) is 0 Å². The van der Waals surface area contributed by atoms with Gasteiger partial charge in [-0.2, -0.15) is 0 Å². The predicted octanol–water partition coefficient (Wildman–Crippen LogP) is 4.47. The average molecular weight is 433 g/mol. The standard InChI is InChI=1S/C25H20FNO5/c1-14-6-11-20(32-2)19(12-14)23(29)21-22(15-4-3-5-18(28)13-15)27(25(31)24(21)30)17-9-7-16(26)8-10-17/h3-13,22,28-29H,1-2H3/b23-21+. The molecule has 4 rings (SSSR count). The molecule has 7 heteroatoms. The molecule has 3 aromatic carbocycles. The highest BCUT2D eigenvalue weighted by Gasteiger charge is 2.47. The first kappa shape index (κ1) is 21.1. The van der Waals surface area contributed by atoms with Crippen molar-refractivity contribution in [1.29, 1.82) is 0 Å². The summed E-state index contributed by atoms with van der Waals surface area (Å²) in [6, 6.07) is 15.2. The summed E-state index contributed by atoms with van der Waals surface area (Å²) in [5.74, 6) is -2.41. The van der Waals surface area contributed by atoms with Crippen molar-refractivity contribution in [2.45, 2.75) is 13.0 Å². The average Bonchev–Trinajstić information content (AvgIpc) is 3.04. The number of anilines is 1. The molecule has 162 valence electrons. The number of aryl methyl sites for hydroxylation is 1. The van der Waals surface area contributed by atoms with E-state index in [2.05, 4.69) is 0 Å². The van der Waals surface area contributed by atoms with Crippen LogP contribution in [0.25, 0.3) is 5.76 Å². The highest BCUT2D eigenvalue weighted by molar-refractivity contribution is 6.51. The summed E-state index contributed by atoms with van der Waals surface area (Å²) < 4.78 is 18.8. The number of hydrogen-bond acceptors (Lipinski definition) is 5. The molecule has 0 radical (unpaired) electrons. The zero-order valence-electron chi connectivity index (χ0n) is 17.4. The number of aliphatic hydroxyl groups is 1. The van der Waals surface area contributed by atoms with Gasteiger partial charge < -0.3 is 14.9 Å². The molecule has 1 amide bonds. The Morgan fingerprint density at radius 1 is 1.03 bits per heavy atom. The van der Waals surface area contributed by atoms with E-state index in [1.165, 1.54) is 48.4 Å². The van der Waals surface area contributed by atoms with Gasteiger partial charge in [0.2, 0.25) is 0 Å². The fraction of sp³-hybridized carbons (Fsp3) is 0.120. The maximum Gasteiger partial charge on any atom is 0.300 e. The van der Waals surface area contributed by atoms with Crippen LogP contribution in [0.4, 0.5) is 10.1 Å². The van der Waals surface area contributed by atoms with Crippen molar-refractivity contribution in [3.05, 3.63) is 94.8 Å². The second kappa shape index (κ2) is 8.19. The van der Waals surface area contributed by atoms with Crippen molar-refractivity contribution < 1.29 is 28.9 Å². The Morgan fingerprint density at radius 2 is 1.75 bits per heavy atom. The third kappa shape index (κ3) is 3.58. The lowest BCUT2D eigenvalue weighted by atomic mass is 9.94. The summed E-state index contributed by atoms with van der Waals surface area (Å²) in [5, 5.41) is 21.3. The molecule has 0 aromatic heterocycles. The smallest absolute Gasteiger partial charge is 0.300 e. The number of Topliss-reactive ketones (excluding diaryl/α,β-unsaturated/α-hetero) is 1. The lowest BCUT2D eigenvalue weighted by Crippen LogP contribution is -2.29. The van der Waals surface area contributed by atoms with Crippen molar-refractivity contribution in [1.82, 2.24) is 0 Å². The van der Waals surface area contributed by atoms with Gasteiger partial charge in [-0.1, -0.05) is 23.8 Å². The molecule has 6 nitrogen and oxygen atoms in total. The molecule has 3 aromatic rings. The number of phenols is 1. The Bertz CT molecular complexity index is 1250. The van der Waals surface area contributed by atoms with Gasteiger partial charge in [0.25, 0.3) is 11.7 Å². The van der Waals surface area contributed by atoms with E-state index in [0.717, 1.165) is 5.56 Å². The van der Waals surface area contributed by atoms with Gasteiger partial charge in [0.15, 0.2) is 0 Å². The monoisotopic (exact) mass is 433 g/mol. The Kier molecular flexibility index (Phi) is 5.40. The number of carbonyl (C=O) groups is 2. The van der Waals surface area contributed by atoms with Gasteiger partial charge >= 0.3 is 0 Å². The first-order valence-corrected chi connectivity index (χ1v) is 9.82. The third-order valence-electron chi connectivity index (χ3n) is 5.35. The van der Waals surface area contributed by atoms with Crippen LogP contribution < -0.4 is 9.64 Å². The minimum absolute atomic E-state index is 0.0691. The van der Waals surface area contributed by atoms with E-state index < -0.39 is 29.3 Å². The van der Waals surface area contributed by atoms with Crippen molar-refractivity contribution in [3.63, 3.8) is 0 Å². The molecule has 1 heterocycles. The summed E-state index contributed by atoms with van der Waals surface area (Å²) in [7, 11) is 1.44. The Hall–Kier alpha value is -4.13. The van der Waals surface area contributed by atoms with Crippen LogP contribution in [0, 0.1) is 12.7 Å². The molecule has 0 spiro atoms. The fourth-order valence-electron chi connectivity index (χ4n) is 3.86. The minimum atomic E-state index is -1.04. The van der Waals surface area contributed by atoms with E-state index in [1.807, 2.05) is 6.92 Å². The van der Waals surface area contributed by atoms with E-state index in [-0.39, 0.29) is 22.6 Å². The van der Waals surface area contributed by atoms with Crippen LogP contribution in [0.2, 0.25) is 0 Å². The molecule has 0 bridgehead atoms. The number of carbonyl (C=O) groups excluding carboxylic acids is 2. The summed E-state index contributed by atoms with van der Waals surface area (Å²) in [6.07, 6.45) is 0. The molecule has 1 atom stereocenters. The van der Waals surface area contributed by atoms with Crippen LogP contribution in [-0.4, -0.2) is 29.0 Å². The Labute approximate surface area is 183 Å². The summed E-state index contributed by atoms with van der Waals surface area (Å²) in [5.41, 5.74) is 1.59. The number of amides is 1. The van der Waals surface area contributed by atoms with Gasteiger partial charge in [0.05, 0.1) is 24.3 Å². The van der Waals surface area contributed by atoms with Crippen LogP contribution >= 0.6 is 0 Å². The molecule has 1 aliphatic rings. The second-order valence-corrected chi connectivity index (χ2v) is 7.44. The van der Waals surface area contributed by atoms with Crippen molar-refractivity contribution in [2.75, 3.05) is 12.0 Å². The minimum Gasteiger partial charge on any atom is -0.508 e. The number of benzene rings is 3. The topological polar surface area (TPSA) is 87.1 Å². The number of halogens is 1. The molecule has 1 aliphatic heterocycles. The number of aliphatic hydroxyl groups excluding tert-OH is 1. The van der Waals surface area contributed by atoms with Crippen LogP contribution in [0.15, 0.2) is 72.3 Å². The highest BCUT2D eigenvalue weighted by Crippen LogP contribution is 2.43. The summed E-state index contributed by atoms with van der Waals surface area (Å²) in [6.45, 7) is 1.82. The molecule has 1 fully saturated rings. The number of ether oxygens (including phenoxy) is 1. The van der Waals surface area contributed by atoms with Crippen LogP contribution in [0.5, 0.6) is 11.5 Å². The number of nitrogens with zero attached hydrogens (tertiary/aromatic N) is 1. The van der Waals surface area contributed by atoms with E-state index >= 15 is 0 Å². The third-order valence-corrected chi connectivity index (χ3v) is 5.35. The molecule has 0 saturated carbocycles. The number of aromatic hydroxyl groups is 1. The van der Waals surface area contributed by atoms with Crippen molar-refractivity contribution >= 4 is 23.1 Å². The number of phenolic OH excluding ortho intramolecular Hbond substituents is 1. The zero-order chi connectivity index (χ0) is 23.0. The normalized spacial score (nSPS) is 17.6. The predicted molar refractivity (Wildman–Crippen MR) is 117 cm³/mol. The number of hydrogen-bond donors (Lipinski definition) is 2. The van der Waals surface area contributed by atoms with Gasteiger partial charge in [-0.3, -0.25) is 14.5 Å². The van der Waals surface area contributed by atoms with E-state index in [0.29, 0.717) is 11.3 Å². The molecule has 1 unspecified atom stereocenters. The largest absolute Gasteiger partial charge is 0.508 e. The summed E-state index contributed by atoms with van der Waals surface area (Å²) >= 11 is 0. The van der Waals surface area contributed by atoms with Crippen molar-refractivity contribution in [3.8, 4) is 11.5 Å². The number of rotatable bonds is 4. The van der Waals surface area contributed by atoms with Crippen LogP contribution in [-0.2, 0) is 9.59 Å². The molecule has 2 N–H and O–H groups in total. The number of ketones is 1. The molecular weight excluding hydrogens is 413 g/mol. The van der Waals surface area contributed by atoms with E-state index in [9.17, 15) is 24.2 Å². The van der Waals surface area contributed by atoms with Gasteiger partial charge in [0, 0.05) is 5.69 Å². The Balaban J connectivity index is 1.99. The van der Waals surface area contributed by atoms with Gasteiger partial charge in [-0.25, -0.2) is 4.39 Å². The molecule has 0 aliphatic carbocycles. The fourth-order valence-corrected chi connectivity index (χ4v) is 3.86. The molecule has 1 saturated heterocycles. The lowest BCUT2D eigenvalue weighted by Gasteiger charge is -2.25. The lowest BCUT2D eigenvalue weighted by molar-refractivity contribution is -0.132. The number of methoxy groups -OCH3 is 1. The quantitative estimate of drug-likeness (QED) is 0.360. The first-order chi connectivity index (χ1) is 15.3. The van der Waals surface area contributed by atoms with Crippen molar-refractivity contribution in [2.24, 2.45) is 0 Å². The van der Waals surface area contributed by atoms with Crippen LogP contribution in [0.1, 0.15) is 22.7 Å².